The van der Waals surface area contributed by atoms with Gasteiger partial charge in [0.15, 0.2) is 0 Å². The predicted octanol–water partition coefficient (Wildman–Crippen LogP) is 4.57. The van der Waals surface area contributed by atoms with Crippen LogP contribution >= 0.6 is 0 Å². The summed E-state index contributed by atoms with van der Waals surface area (Å²) in [7, 11) is 0. The summed E-state index contributed by atoms with van der Waals surface area (Å²) < 4.78 is 27.7. The number of hydrogen-bond acceptors (Lipinski definition) is 3. The fourth-order valence-electron chi connectivity index (χ4n) is 4.37. The van der Waals surface area contributed by atoms with E-state index < -0.39 is 23.0 Å². The highest BCUT2D eigenvalue weighted by molar-refractivity contribution is 5.39. The molecule has 0 saturated carbocycles. The predicted molar refractivity (Wildman–Crippen MR) is 107 cm³/mol. The molecule has 3 aromatic carbocycles. The van der Waals surface area contributed by atoms with Crippen LogP contribution < -0.4 is 0 Å². The molecule has 1 atom stereocenters. The Morgan fingerprint density at radius 2 is 1.52 bits per heavy atom. The quantitative estimate of drug-likeness (QED) is 0.665. The van der Waals surface area contributed by atoms with Gasteiger partial charge in [-0.2, -0.15) is 0 Å². The van der Waals surface area contributed by atoms with Crippen LogP contribution in [0.25, 0.3) is 0 Å². The van der Waals surface area contributed by atoms with Crippen LogP contribution in [-0.4, -0.2) is 27.7 Å². The molecule has 3 nitrogen and oxygen atoms in total. The Morgan fingerprint density at radius 3 is 2.07 bits per heavy atom. The molecule has 5 heteroatoms. The van der Waals surface area contributed by atoms with E-state index in [-0.39, 0.29) is 18.2 Å². The number of rotatable bonds is 5. The van der Waals surface area contributed by atoms with Gasteiger partial charge < -0.3 is 10.2 Å². The Balaban J connectivity index is 1.75. The van der Waals surface area contributed by atoms with E-state index in [1.807, 2.05) is 65.6 Å². The molecule has 3 aromatic rings. The SMILES string of the molecule is Oc1cc(F)cc(F)c1CN1CCC[C@@H]1C(O)(c1ccccc1)c1ccccc1. The van der Waals surface area contributed by atoms with E-state index in [0.29, 0.717) is 13.0 Å². The number of benzene rings is 3. The number of phenols is 1. The van der Waals surface area contributed by atoms with Crippen molar-refractivity contribution in [1.82, 2.24) is 4.90 Å². The lowest BCUT2D eigenvalue weighted by Crippen LogP contribution is -2.48. The highest BCUT2D eigenvalue weighted by Gasteiger charge is 2.45. The third kappa shape index (κ3) is 3.63. The van der Waals surface area contributed by atoms with Crippen LogP contribution in [0.2, 0.25) is 0 Å². The van der Waals surface area contributed by atoms with E-state index in [9.17, 15) is 19.0 Å². The molecule has 0 amide bonds. The Labute approximate surface area is 168 Å². The molecule has 0 aromatic heterocycles. The zero-order valence-electron chi connectivity index (χ0n) is 15.9. The first kappa shape index (κ1) is 19.6. The first-order valence-electron chi connectivity index (χ1n) is 9.74. The summed E-state index contributed by atoms with van der Waals surface area (Å²) in [6, 6.07) is 20.3. The van der Waals surface area contributed by atoms with Gasteiger partial charge in [0.05, 0.1) is 0 Å². The molecule has 0 unspecified atom stereocenters. The van der Waals surface area contributed by atoms with Crippen molar-refractivity contribution in [3.05, 3.63) is 101 Å². The molecular formula is C24H23F2NO2. The number of phenolic OH excluding ortho intramolecular Hbond substituents is 1. The van der Waals surface area contributed by atoms with Crippen LogP contribution in [0.15, 0.2) is 72.8 Å². The minimum atomic E-state index is -1.30. The first-order chi connectivity index (χ1) is 14.0. The second-order valence-electron chi connectivity index (χ2n) is 7.51. The second-order valence-corrected chi connectivity index (χ2v) is 7.51. The van der Waals surface area contributed by atoms with Crippen molar-refractivity contribution in [1.29, 1.82) is 0 Å². The lowest BCUT2D eigenvalue weighted by Gasteiger charge is -2.40. The van der Waals surface area contributed by atoms with E-state index in [0.717, 1.165) is 29.7 Å². The molecule has 2 N–H and O–H groups in total. The molecule has 1 saturated heterocycles. The maximum absolute atomic E-state index is 14.3. The van der Waals surface area contributed by atoms with Crippen molar-refractivity contribution in [2.24, 2.45) is 0 Å². The maximum Gasteiger partial charge on any atom is 0.134 e. The van der Waals surface area contributed by atoms with E-state index in [1.54, 1.807) is 0 Å². The van der Waals surface area contributed by atoms with Crippen LogP contribution in [-0.2, 0) is 12.1 Å². The topological polar surface area (TPSA) is 43.7 Å². The van der Waals surface area contributed by atoms with E-state index in [2.05, 4.69) is 0 Å². The van der Waals surface area contributed by atoms with E-state index in [1.165, 1.54) is 0 Å². The van der Waals surface area contributed by atoms with Gasteiger partial charge in [0.25, 0.3) is 0 Å². The zero-order chi connectivity index (χ0) is 20.4. The number of likely N-dealkylation sites (tertiary alicyclic amines) is 1. The summed E-state index contributed by atoms with van der Waals surface area (Å²) in [5, 5.41) is 22.1. The molecule has 29 heavy (non-hydrogen) atoms. The smallest absolute Gasteiger partial charge is 0.134 e. The lowest BCUT2D eigenvalue weighted by atomic mass is 9.79. The van der Waals surface area contributed by atoms with E-state index in [4.69, 9.17) is 0 Å². The maximum atomic E-state index is 14.3. The average molecular weight is 395 g/mol. The van der Waals surface area contributed by atoms with Gasteiger partial charge in [0, 0.05) is 30.3 Å². The van der Waals surface area contributed by atoms with Gasteiger partial charge in [-0.25, -0.2) is 8.78 Å². The Bertz CT molecular complexity index is 916. The van der Waals surface area contributed by atoms with Crippen LogP contribution in [0.4, 0.5) is 8.78 Å². The normalized spacial score (nSPS) is 17.6. The minimum Gasteiger partial charge on any atom is -0.507 e. The second kappa shape index (κ2) is 7.93. The molecule has 0 bridgehead atoms. The van der Waals surface area contributed by atoms with Crippen molar-refractivity contribution in [3.63, 3.8) is 0 Å². The standard InChI is InChI=1S/C24H23F2NO2/c25-19-14-21(26)20(22(28)15-19)16-27-13-7-12-23(27)24(29,17-8-3-1-4-9-17)18-10-5-2-6-11-18/h1-6,8-11,14-15,23,28-29H,7,12-13,16H2/t23-/m1/s1. The average Bonchev–Trinajstić information content (AvgIpc) is 3.20. The van der Waals surface area contributed by atoms with Gasteiger partial charge in [-0.1, -0.05) is 60.7 Å². The lowest BCUT2D eigenvalue weighted by molar-refractivity contribution is -0.00704. The molecular weight excluding hydrogens is 372 g/mol. The van der Waals surface area contributed by atoms with Gasteiger partial charge in [-0.15, -0.1) is 0 Å². The van der Waals surface area contributed by atoms with Crippen LogP contribution in [0.1, 0.15) is 29.5 Å². The third-order valence-electron chi connectivity index (χ3n) is 5.77. The van der Waals surface area contributed by atoms with Gasteiger partial charge in [-0.3, -0.25) is 4.90 Å². The molecule has 0 radical (unpaired) electrons. The molecule has 1 fully saturated rings. The molecule has 1 aliphatic heterocycles. The van der Waals surface area contributed by atoms with Crippen molar-refractivity contribution in [2.45, 2.75) is 31.0 Å². The number of hydrogen-bond donors (Lipinski definition) is 2. The fourth-order valence-corrected chi connectivity index (χ4v) is 4.37. The van der Waals surface area contributed by atoms with E-state index >= 15 is 0 Å². The molecule has 1 aliphatic rings. The number of aromatic hydroxyl groups is 1. The minimum absolute atomic E-state index is 0.0433. The summed E-state index contributed by atoms with van der Waals surface area (Å²) in [5.41, 5.74) is 0.256. The zero-order valence-corrected chi connectivity index (χ0v) is 15.9. The van der Waals surface area contributed by atoms with Crippen molar-refractivity contribution < 1.29 is 19.0 Å². The highest BCUT2D eigenvalue weighted by atomic mass is 19.1. The summed E-state index contributed by atoms with van der Waals surface area (Å²) in [6.45, 7) is 0.730. The Hall–Kier alpha value is -2.76. The summed E-state index contributed by atoms with van der Waals surface area (Å²) in [6.07, 6.45) is 1.54. The van der Waals surface area contributed by atoms with Gasteiger partial charge in [0.2, 0.25) is 0 Å². The Morgan fingerprint density at radius 1 is 0.931 bits per heavy atom. The number of nitrogens with zero attached hydrogens (tertiary/aromatic N) is 1. The summed E-state index contributed by atoms with van der Waals surface area (Å²) >= 11 is 0. The van der Waals surface area contributed by atoms with Crippen LogP contribution in [0.5, 0.6) is 5.75 Å². The summed E-state index contributed by atoms with van der Waals surface area (Å²) in [4.78, 5) is 1.97. The first-order valence-corrected chi connectivity index (χ1v) is 9.74. The van der Waals surface area contributed by atoms with Crippen molar-refractivity contribution >= 4 is 0 Å². The molecule has 4 rings (SSSR count). The highest BCUT2D eigenvalue weighted by Crippen LogP contribution is 2.41. The van der Waals surface area contributed by atoms with Crippen molar-refractivity contribution in [3.8, 4) is 5.75 Å². The molecule has 1 heterocycles. The molecule has 0 aliphatic carbocycles. The number of aliphatic hydroxyl groups is 1. The van der Waals surface area contributed by atoms with Crippen LogP contribution in [0, 0.1) is 11.6 Å². The van der Waals surface area contributed by atoms with Gasteiger partial charge in [0.1, 0.15) is 23.0 Å². The fraction of sp³-hybridized carbons (Fsp3) is 0.250. The van der Waals surface area contributed by atoms with Gasteiger partial charge >= 0.3 is 0 Å². The monoisotopic (exact) mass is 395 g/mol. The van der Waals surface area contributed by atoms with Crippen molar-refractivity contribution in [2.75, 3.05) is 6.54 Å². The number of halogens is 2. The molecule has 150 valence electrons. The van der Waals surface area contributed by atoms with Crippen LogP contribution in [0.3, 0.4) is 0 Å². The van der Waals surface area contributed by atoms with Gasteiger partial charge in [-0.05, 0) is 30.5 Å². The molecule has 0 spiro atoms. The largest absolute Gasteiger partial charge is 0.507 e. The third-order valence-corrected chi connectivity index (χ3v) is 5.77. The summed E-state index contributed by atoms with van der Waals surface area (Å²) in [5.74, 6) is -2.00. The Kier molecular flexibility index (Phi) is 5.35.